The summed E-state index contributed by atoms with van der Waals surface area (Å²) < 4.78 is 0. The van der Waals surface area contributed by atoms with Crippen LogP contribution >= 0.6 is 0 Å². The first-order valence-corrected chi connectivity index (χ1v) is 6.70. The van der Waals surface area contributed by atoms with Crippen molar-refractivity contribution >= 4 is 22.5 Å². The van der Waals surface area contributed by atoms with E-state index in [9.17, 15) is 4.79 Å². The zero-order chi connectivity index (χ0) is 14.7. The molecule has 3 aromatic rings. The summed E-state index contributed by atoms with van der Waals surface area (Å²) in [6, 6.07) is 17.3. The van der Waals surface area contributed by atoms with Crippen LogP contribution < -0.4 is 11.1 Å². The SMILES string of the molecule is NC(=O)c1ccc(CNc2cnc3ccccc3c2)cc1. The van der Waals surface area contributed by atoms with Gasteiger partial charge >= 0.3 is 0 Å². The molecule has 104 valence electrons. The minimum Gasteiger partial charge on any atom is -0.380 e. The van der Waals surface area contributed by atoms with Crippen LogP contribution in [0.15, 0.2) is 60.8 Å². The van der Waals surface area contributed by atoms with Crippen molar-refractivity contribution in [3.63, 3.8) is 0 Å². The molecule has 0 saturated heterocycles. The molecule has 3 rings (SSSR count). The van der Waals surface area contributed by atoms with Gasteiger partial charge in [-0.1, -0.05) is 30.3 Å². The molecule has 0 spiro atoms. The van der Waals surface area contributed by atoms with Crippen molar-refractivity contribution in [2.75, 3.05) is 5.32 Å². The molecule has 0 aliphatic heterocycles. The Labute approximate surface area is 122 Å². The summed E-state index contributed by atoms with van der Waals surface area (Å²) >= 11 is 0. The molecule has 0 saturated carbocycles. The number of amides is 1. The maximum absolute atomic E-state index is 11.0. The van der Waals surface area contributed by atoms with Gasteiger partial charge in [-0.15, -0.1) is 0 Å². The van der Waals surface area contributed by atoms with Crippen LogP contribution in [-0.4, -0.2) is 10.9 Å². The van der Waals surface area contributed by atoms with E-state index >= 15 is 0 Å². The molecule has 2 aromatic carbocycles. The average Bonchev–Trinajstić information content (AvgIpc) is 2.53. The number of hydrogen-bond acceptors (Lipinski definition) is 3. The second kappa shape index (κ2) is 5.63. The van der Waals surface area contributed by atoms with Crippen LogP contribution in [-0.2, 0) is 6.54 Å². The van der Waals surface area contributed by atoms with Gasteiger partial charge in [0.15, 0.2) is 0 Å². The quantitative estimate of drug-likeness (QED) is 0.770. The van der Waals surface area contributed by atoms with E-state index in [2.05, 4.69) is 16.4 Å². The first-order valence-electron chi connectivity index (χ1n) is 6.70. The van der Waals surface area contributed by atoms with E-state index in [4.69, 9.17) is 5.73 Å². The highest BCUT2D eigenvalue weighted by Gasteiger charge is 2.01. The normalized spacial score (nSPS) is 10.5. The van der Waals surface area contributed by atoms with Crippen molar-refractivity contribution < 1.29 is 4.79 Å². The third-order valence-electron chi connectivity index (χ3n) is 3.33. The topological polar surface area (TPSA) is 68.0 Å². The fourth-order valence-electron chi connectivity index (χ4n) is 2.16. The number of nitrogens with two attached hydrogens (primary N) is 1. The van der Waals surface area contributed by atoms with Gasteiger partial charge in [0.25, 0.3) is 0 Å². The van der Waals surface area contributed by atoms with Crippen molar-refractivity contribution in [2.45, 2.75) is 6.54 Å². The highest BCUT2D eigenvalue weighted by Crippen LogP contribution is 2.16. The summed E-state index contributed by atoms with van der Waals surface area (Å²) in [5.41, 5.74) is 8.76. The van der Waals surface area contributed by atoms with Crippen molar-refractivity contribution in [1.29, 1.82) is 0 Å². The highest BCUT2D eigenvalue weighted by atomic mass is 16.1. The number of nitrogens with one attached hydrogen (secondary N) is 1. The van der Waals surface area contributed by atoms with Gasteiger partial charge in [-0.2, -0.15) is 0 Å². The van der Waals surface area contributed by atoms with Crippen molar-refractivity contribution in [3.05, 3.63) is 71.9 Å². The lowest BCUT2D eigenvalue weighted by Gasteiger charge is -2.07. The molecule has 0 aliphatic carbocycles. The zero-order valence-corrected chi connectivity index (χ0v) is 11.4. The summed E-state index contributed by atoms with van der Waals surface area (Å²) in [7, 11) is 0. The number of carbonyl (C=O) groups is 1. The molecule has 3 N–H and O–H groups in total. The number of rotatable bonds is 4. The van der Waals surface area contributed by atoms with Crippen LogP contribution in [0.3, 0.4) is 0 Å². The summed E-state index contributed by atoms with van der Waals surface area (Å²) in [5.74, 6) is -0.409. The first kappa shape index (κ1) is 13.1. The maximum Gasteiger partial charge on any atom is 0.248 e. The Morgan fingerprint density at radius 3 is 2.62 bits per heavy atom. The van der Waals surface area contributed by atoms with Gasteiger partial charge in [-0.05, 0) is 29.8 Å². The van der Waals surface area contributed by atoms with Gasteiger partial charge in [0, 0.05) is 17.5 Å². The van der Waals surface area contributed by atoms with Gasteiger partial charge in [-0.25, -0.2) is 0 Å². The van der Waals surface area contributed by atoms with Crippen LogP contribution in [0.2, 0.25) is 0 Å². The lowest BCUT2D eigenvalue weighted by molar-refractivity contribution is 0.100. The highest BCUT2D eigenvalue weighted by molar-refractivity contribution is 5.92. The van der Waals surface area contributed by atoms with Crippen LogP contribution in [0, 0.1) is 0 Å². The zero-order valence-electron chi connectivity index (χ0n) is 11.4. The summed E-state index contributed by atoms with van der Waals surface area (Å²) in [5, 5.41) is 4.43. The van der Waals surface area contributed by atoms with E-state index in [0.29, 0.717) is 12.1 Å². The number of carbonyl (C=O) groups excluding carboxylic acids is 1. The molecule has 0 atom stereocenters. The van der Waals surface area contributed by atoms with Crippen LogP contribution in [0.1, 0.15) is 15.9 Å². The van der Waals surface area contributed by atoms with E-state index in [0.717, 1.165) is 22.2 Å². The van der Waals surface area contributed by atoms with Crippen LogP contribution in [0.25, 0.3) is 10.9 Å². The molecule has 21 heavy (non-hydrogen) atoms. The Morgan fingerprint density at radius 1 is 1.10 bits per heavy atom. The molecule has 0 fully saturated rings. The maximum atomic E-state index is 11.0. The van der Waals surface area contributed by atoms with Crippen molar-refractivity contribution in [3.8, 4) is 0 Å². The standard InChI is InChI=1S/C17H15N3O/c18-17(21)13-7-5-12(6-8-13)10-19-15-9-14-3-1-2-4-16(14)20-11-15/h1-9,11,19H,10H2,(H2,18,21). The number of hydrogen-bond donors (Lipinski definition) is 2. The Bertz CT molecular complexity index is 781. The molecular formula is C17H15N3O. The Hall–Kier alpha value is -2.88. The number of primary amides is 1. The predicted molar refractivity (Wildman–Crippen MR) is 84.0 cm³/mol. The number of aromatic nitrogens is 1. The third-order valence-corrected chi connectivity index (χ3v) is 3.33. The molecule has 1 aromatic heterocycles. The van der Waals surface area contributed by atoms with Gasteiger partial charge in [0.2, 0.25) is 5.91 Å². The molecule has 0 aliphatic rings. The first-order chi connectivity index (χ1) is 10.2. The number of benzene rings is 2. The van der Waals surface area contributed by atoms with Gasteiger partial charge in [0.05, 0.1) is 17.4 Å². The number of fused-ring (bicyclic) bond motifs is 1. The lowest BCUT2D eigenvalue weighted by atomic mass is 10.1. The third kappa shape index (κ3) is 3.00. The van der Waals surface area contributed by atoms with Crippen molar-refractivity contribution in [1.82, 2.24) is 4.98 Å². The number of para-hydroxylation sites is 1. The fourth-order valence-corrected chi connectivity index (χ4v) is 2.16. The summed E-state index contributed by atoms with van der Waals surface area (Å²) in [4.78, 5) is 15.4. The van der Waals surface area contributed by atoms with E-state index < -0.39 is 5.91 Å². The van der Waals surface area contributed by atoms with Gasteiger partial charge in [-0.3, -0.25) is 9.78 Å². The van der Waals surface area contributed by atoms with E-state index in [1.165, 1.54) is 0 Å². The Balaban J connectivity index is 1.72. The predicted octanol–water partition coefficient (Wildman–Crippen LogP) is 2.95. The largest absolute Gasteiger partial charge is 0.380 e. The van der Waals surface area contributed by atoms with Gasteiger partial charge < -0.3 is 11.1 Å². The van der Waals surface area contributed by atoms with Crippen LogP contribution in [0.5, 0.6) is 0 Å². The molecule has 0 bridgehead atoms. The molecule has 0 radical (unpaired) electrons. The summed E-state index contributed by atoms with van der Waals surface area (Å²) in [6.07, 6.45) is 1.82. The minimum absolute atomic E-state index is 0.409. The van der Waals surface area contributed by atoms with E-state index in [1.807, 2.05) is 42.6 Å². The Kier molecular flexibility index (Phi) is 3.51. The smallest absolute Gasteiger partial charge is 0.248 e. The fraction of sp³-hybridized carbons (Fsp3) is 0.0588. The minimum atomic E-state index is -0.409. The second-order valence-corrected chi connectivity index (χ2v) is 4.83. The second-order valence-electron chi connectivity index (χ2n) is 4.83. The molecular weight excluding hydrogens is 262 g/mol. The number of nitrogens with zero attached hydrogens (tertiary/aromatic N) is 1. The summed E-state index contributed by atoms with van der Waals surface area (Å²) in [6.45, 7) is 0.666. The van der Waals surface area contributed by atoms with E-state index in [1.54, 1.807) is 12.1 Å². The Morgan fingerprint density at radius 2 is 1.86 bits per heavy atom. The van der Waals surface area contributed by atoms with Gasteiger partial charge in [0.1, 0.15) is 0 Å². The van der Waals surface area contributed by atoms with E-state index in [-0.39, 0.29) is 0 Å². The molecule has 4 nitrogen and oxygen atoms in total. The molecule has 1 amide bonds. The molecule has 4 heteroatoms. The molecule has 0 unspecified atom stereocenters. The monoisotopic (exact) mass is 277 g/mol. The van der Waals surface area contributed by atoms with Crippen molar-refractivity contribution in [2.24, 2.45) is 5.73 Å². The molecule has 1 heterocycles. The van der Waals surface area contributed by atoms with Crippen LogP contribution in [0.4, 0.5) is 5.69 Å². The lowest BCUT2D eigenvalue weighted by Crippen LogP contribution is -2.10. The average molecular weight is 277 g/mol. The number of anilines is 1. The number of pyridine rings is 1.